The topological polar surface area (TPSA) is 105 Å². The molecule has 0 aliphatic carbocycles. The fourth-order valence-electron chi connectivity index (χ4n) is 4.26. The van der Waals surface area contributed by atoms with Crippen molar-refractivity contribution in [1.29, 1.82) is 0 Å². The van der Waals surface area contributed by atoms with Crippen LogP contribution in [-0.4, -0.2) is 54.2 Å². The Balaban J connectivity index is 1.16. The van der Waals surface area contributed by atoms with Gasteiger partial charge in [-0.15, -0.1) is 0 Å². The Labute approximate surface area is 242 Å². The third-order valence-corrected chi connectivity index (χ3v) is 9.42. The summed E-state index contributed by atoms with van der Waals surface area (Å²) in [6.07, 6.45) is 0.588. The third-order valence-electron chi connectivity index (χ3n) is 6.40. The predicted molar refractivity (Wildman–Crippen MR) is 157 cm³/mol. The van der Waals surface area contributed by atoms with E-state index in [1.165, 1.54) is 46.5 Å². The number of hydrogen-bond donors (Lipinski definition) is 1. The van der Waals surface area contributed by atoms with Crippen LogP contribution in [-0.2, 0) is 21.2 Å². The van der Waals surface area contributed by atoms with Crippen molar-refractivity contribution < 1.29 is 17.9 Å². The van der Waals surface area contributed by atoms with Crippen molar-refractivity contribution in [1.82, 2.24) is 13.7 Å². The minimum Gasteiger partial charge on any atom is -0.457 e. The number of nitrogens with one attached hydrogen (secondary N) is 1. The molecule has 2 heterocycles. The molecule has 40 heavy (non-hydrogen) atoms. The largest absolute Gasteiger partial charge is 0.457 e. The van der Waals surface area contributed by atoms with Crippen molar-refractivity contribution in [2.45, 2.75) is 25.2 Å². The van der Waals surface area contributed by atoms with Crippen LogP contribution in [0.4, 0.5) is 10.8 Å². The molecule has 1 aliphatic heterocycles. The molecule has 0 spiro atoms. The first-order valence-electron chi connectivity index (χ1n) is 12.7. The molecule has 1 saturated heterocycles. The van der Waals surface area contributed by atoms with Gasteiger partial charge in [-0.3, -0.25) is 4.79 Å². The van der Waals surface area contributed by atoms with Crippen LogP contribution in [0.15, 0.2) is 71.6 Å². The van der Waals surface area contributed by atoms with Gasteiger partial charge in [0.1, 0.15) is 17.3 Å². The Morgan fingerprint density at radius 1 is 1.00 bits per heavy atom. The number of piperazine rings is 1. The highest BCUT2D eigenvalue weighted by atomic mass is 35.5. The van der Waals surface area contributed by atoms with Crippen molar-refractivity contribution in [3.63, 3.8) is 0 Å². The van der Waals surface area contributed by atoms with Crippen LogP contribution in [0.1, 0.15) is 23.9 Å². The van der Waals surface area contributed by atoms with Crippen LogP contribution in [0.2, 0.25) is 5.02 Å². The molecule has 9 nitrogen and oxygen atoms in total. The van der Waals surface area contributed by atoms with E-state index in [4.69, 9.17) is 21.3 Å². The first-order valence-corrected chi connectivity index (χ1v) is 15.2. The first kappa shape index (κ1) is 28.0. The SMILES string of the molecule is CC(=O)Nc1ccc(S(=O)(=O)N2CCN(c3nc(Cc4ccc(Oc5ccc(C)cc5)cc4)ns3)CC2)cc1Cl. The summed E-state index contributed by atoms with van der Waals surface area (Å²) in [6.45, 7) is 5.01. The summed E-state index contributed by atoms with van der Waals surface area (Å²) < 4.78 is 38.2. The Kier molecular flexibility index (Phi) is 8.36. The molecule has 3 aromatic carbocycles. The number of carbonyl (C=O) groups is 1. The van der Waals surface area contributed by atoms with E-state index in [9.17, 15) is 13.2 Å². The molecule has 0 radical (unpaired) electrons. The lowest BCUT2D eigenvalue weighted by molar-refractivity contribution is -0.114. The summed E-state index contributed by atoms with van der Waals surface area (Å²) in [6, 6.07) is 20.1. The Hall–Kier alpha value is -3.51. The minimum atomic E-state index is -3.73. The van der Waals surface area contributed by atoms with Crippen LogP contribution in [0.5, 0.6) is 11.5 Å². The molecule has 0 saturated carbocycles. The van der Waals surface area contributed by atoms with E-state index in [0.29, 0.717) is 38.3 Å². The number of hydrogen-bond acceptors (Lipinski definition) is 8. The molecule has 1 aliphatic rings. The summed E-state index contributed by atoms with van der Waals surface area (Å²) in [5, 5.41) is 3.53. The highest BCUT2D eigenvalue weighted by molar-refractivity contribution is 7.89. The van der Waals surface area contributed by atoms with Crippen LogP contribution >= 0.6 is 23.1 Å². The highest BCUT2D eigenvalue weighted by Crippen LogP contribution is 2.29. The lowest BCUT2D eigenvalue weighted by Gasteiger charge is -2.33. The number of anilines is 2. The number of halogens is 1. The predicted octanol–water partition coefficient (Wildman–Crippen LogP) is 5.35. The first-order chi connectivity index (χ1) is 19.2. The van der Waals surface area contributed by atoms with Gasteiger partial charge in [0.2, 0.25) is 21.1 Å². The van der Waals surface area contributed by atoms with Crippen molar-refractivity contribution in [2.24, 2.45) is 0 Å². The van der Waals surface area contributed by atoms with Crippen LogP contribution in [0.3, 0.4) is 0 Å². The molecule has 5 rings (SSSR count). The van der Waals surface area contributed by atoms with Gasteiger partial charge in [0.05, 0.1) is 15.6 Å². The fourth-order valence-corrected chi connectivity index (χ4v) is 6.74. The number of carbonyl (C=O) groups excluding carboxylic acids is 1. The normalized spacial score (nSPS) is 14.2. The van der Waals surface area contributed by atoms with E-state index in [-0.39, 0.29) is 15.8 Å². The Morgan fingerprint density at radius 3 is 2.27 bits per heavy atom. The molecule has 1 amide bonds. The zero-order chi connectivity index (χ0) is 28.3. The zero-order valence-corrected chi connectivity index (χ0v) is 24.4. The second kappa shape index (κ2) is 11.9. The van der Waals surface area contributed by atoms with E-state index < -0.39 is 10.0 Å². The van der Waals surface area contributed by atoms with Gasteiger partial charge < -0.3 is 15.0 Å². The number of benzene rings is 3. The third kappa shape index (κ3) is 6.61. The average Bonchev–Trinajstić information content (AvgIpc) is 3.40. The van der Waals surface area contributed by atoms with E-state index in [0.717, 1.165) is 28.0 Å². The standard InChI is InChI=1S/C28H28ClN5O4S2/c1-19-3-7-22(8-4-19)38-23-9-5-21(6-10-23)17-27-31-28(39-32-27)33-13-15-34(16-14-33)40(36,37)24-11-12-26(25(29)18-24)30-20(2)35/h3-12,18H,13-17H2,1-2H3,(H,30,35). The van der Waals surface area contributed by atoms with Crippen molar-refractivity contribution in [3.05, 3.63) is 88.7 Å². The quantitative estimate of drug-likeness (QED) is 0.292. The van der Waals surface area contributed by atoms with E-state index in [1.807, 2.05) is 55.5 Å². The Bertz CT molecular complexity index is 1600. The number of ether oxygens (including phenoxy) is 1. The summed E-state index contributed by atoms with van der Waals surface area (Å²) in [4.78, 5) is 18.1. The monoisotopic (exact) mass is 597 g/mol. The van der Waals surface area contributed by atoms with Gasteiger partial charge in [-0.1, -0.05) is 41.4 Å². The maximum absolute atomic E-state index is 13.2. The van der Waals surface area contributed by atoms with E-state index in [2.05, 4.69) is 14.6 Å². The maximum Gasteiger partial charge on any atom is 0.243 e. The number of rotatable bonds is 8. The lowest BCUT2D eigenvalue weighted by atomic mass is 10.1. The molecule has 12 heteroatoms. The van der Waals surface area contributed by atoms with Gasteiger partial charge in [-0.2, -0.15) is 8.68 Å². The van der Waals surface area contributed by atoms with E-state index >= 15 is 0 Å². The van der Waals surface area contributed by atoms with Crippen molar-refractivity contribution in [2.75, 3.05) is 36.4 Å². The fraction of sp³-hybridized carbons (Fsp3) is 0.250. The number of aromatic nitrogens is 2. The molecular weight excluding hydrogens is 570 g/mol. The summed E-state index contributed by atoms with van der Waals surface area (Å²) in [7, 11) is -3.73. The second-order valence-corrected chi connectivity index (χ2v) is 12.5. The van der Waals surface area contributed by atoms with Crippen LogP contribution < -0.4 is 15.0 Å². The molecule has 0 atom stereocenters. The zero-order valence-electron chi connectivity index (χ0n) is 22.0. The second-order valence-electron chi connectivity index (χ2n) is 9.44. The van der Waals surface area contributed by atoms with Gasteiger partial charge in [-0.05, 0) is 55.0 Å². The lowest BCUT2D eigenvalue weighted by Crippen LogP contribution is -2.48. The minimum absolute atomic E-state index is 0.0912. The highest BCUT2D eigenvalue weighted by Gasteiger charge is 2.30. The van der Waals surface area contributed by atoms with Gasteiger partial charge in [0.15, 0.2) is 0 Å². The van der Waals surface area contributed by atoms with Gasteiger partial charge in [-0.25, -0.2) is 13.4 Å². The molecule has 1 fully saturated rings. The number of amides is 1. The molecular formula is C28H28ClN5O4S2. The van der Waals surface area contributed by atoms with Gasteiger partial charge >= 0.3 is 0 Å². The number of sulfonamides is 1. The molecule has 1 aromatic heterocycles. The summed E-state index contributed by atoms with van der Waals surface area (Å²) in [5.41, 5.74) is 2.62. The van der Waals surface area contributed by atoms with Crippen LogP contribution in [0, 0.1) is 6.92 Å². The molecule has 0 unspecified atom stereocenters. The van der Waals surface area contributed by atoms with Crippen LogP contribution in [0.25, 0.3) is 0 Å². The maximum atomic E-state index is 13.2. The summed E-state index contributed by atoms with van der Waals surface area (Å²) >= 11 is 7.52. The molecule has 1 N–H and O–H groups in total. The van der Waals surface area contributed by atoms with Crippen molar-refractivity contribution >= 4 is 49.9 Å². The van der Waals surface area contributed by atoms with E-state index in [1.54, 1.807) is 0 Å². The Morgan fingerprint density at radius 2 is 1.65 bits per heavy atom. The molecule has 0 bridgehead atoms. The van der Waals surface area contributed by atoms with Gasteiger partial charge in [0.25, 0.3) is 0 Å². The van der Waals surface area contributed by atoms with Crippen molar-refractivity contribution in [3.8, 4) is 11.5 Å². The average molecular weight is 598 g/mol. The number of nitrogens with zero attached hydrogens (tertiary/aromatic N) is 4. The summed E-state index contributed by atoms with van der Waals surface area (Å²) in [5.74, 6) is 1.99. The van der Waals surface area contributed by atoms with Gasteiger partial charge in [0, 0.05) is 51.1 Å². The smallest absolute Gasteiger partial charge is 0.243 e. The molecule has 4 aromatic rings. The molecule has 208 valence electrons. The number of aryl methyl sites for hydroxylation is 1.